The molecule has 0 radical (unpaired) electrons. The average molecular weight is 293 g/mol. The maximum absolute atomic E-state index is 13.3. The number of nitrogens with zero attached hydrogens (tertiary/aromatic N) is 3. The van der Waals surface area contributed by atoms with Crippen LogP contribution in [0.2, 0.25) is 0 Å². The zero-order valence-corrected chi connectivity index (χ0v) is 11.0. The van der Waals surface area contributed by atoms with Gasteiger partial charge >= 0.3 is 0 Å². The molecular weight excluding hydrogens is 281 g/mol. The van der Waals surface area contributed by atoms with Crippen LogP contribution in [0.5, 0.6) is 0 Å². The molecule has 1 aromatic carbocycles. The van der Waals surface area contributed by atoms with Gasteiger partial charge in [0.2, 0.25) is 5.91 Å². The lowest BCUT2D eigenvalue weighted by Crippen LogP contribution is -2.27. The number of aryl methyl sites for hydroxylation is 1. The number of carbonyl (C=O) groups is 1. The summed E-state index contributed by atoms with van der Waals surface area (Å²) in [6, 6.07) is 1.77. The SMILES string of the molecule is Cn1cc(C(N)C(=O)Nc2cc(F)cc([N+](=O)[O-])c2)cn1. The van der Waals surface area contributed by atoms with Crippen molar-refractivity contribution in [1.82, 2.24) is 9.78 Å². The molecule has 21 heavy (non-hydrogen) atoms. The Balaban J connectivity index is 2.17. The number of amides is 1. The van der Waals surface area contributed by atoms with Crippen molar-refractivity contribution in [1.29, 1.82) is 0 Å². The number of hydrogen-bond acceptors (Lipinski definition) is 5. The van der Waals surface area contributed by atoms with Gasteiger partial charge in [-0.05, 0) is 6.07 Å². The first-order chi connectivity index (χ1) is 9.86. The lowest BCUT2D eigenvalue weighted by Gasteiger charge is -2.10. The van der Waals surface area contributed by atoms with Gasteiger partial charge in [0.25, 0.3) is 5.69 Å². The van der Waals surface area contributed by atoms with Gasteiger partial charge in [0.15, 0.2) is 0 Å². The van der Waals surface area contributed by atoms with Crippen molar-refractivity contribution in [2.24, 2.45) is 12.8 Å². The topological polar surface area (TPSA) is 116 Å². The summed E-state index contributed by atoms with van der Waals surface area (Å²) in [6.45, 7) is 0. The summed E-state index contributed by atoms with van der Waals surface area (Å²) in [5.74, 6) is -1.45. The molecule has 2 rings (SSSR count). The van der Waals surface area contributed by atoms with Crippen LogP contribution in [0.25, 0.3) is 0 Å². The van der Waals surface area contributed by atoms with Crippen LogP contribution in [0.15, 0.2) is 30.6 Å². The molecule has 8 nitrogen and oxygen atoms in total. The molecule has 0 aliphatic rings. The predicted octanol–water partition coefficient (Wildman–Crippen LogP) is 1.11. The molecular formula is C12H12FN5O3. The second-order valence-electron chi connectivity index (χ2n) is 4.37. The largest absolute Gasteiger partial charge is 0.324 e. The Bertz CT molecular complexity index is 700. The Morgan fingerprint density at radius 3 is 2.81 bits per heavy atom. The van der Waals surface area contributed by atoms with Crippen LogP contribution in [0.1, 0.15) is 11.6 Å². The van der Waals surface area contributed by atoms with Crippen LogP contribution in [0.3, 0.4) is 0 Å². The number of nitrogens with two attached hydrogens (primary N) is 1. The number of nitrogens with one attached hydrogen (secondary N) is 1. The molecule has 0 saturated carbocycles. The van der Waals surface area contributed by atoms with Crippen LogP contribution in [-0.4, -0.2) is 20.6 Å². The highest BCUT2D eigenvalue weighted by atomic mass is 19.1. The molecule has 1 atom stereocenters. The van der Waals surface area contributed by atoms with E-state index in [4.69, 9.17) is 5.73 Å². The first-order valence-corrected chi connectivity index (χ1v) is 5.87. The quantitative estimate of drug-likeness (QED) is 0.647. The van der Waals surface area contributed by atoms with Gasteiger partial charge in [0, 0.05) is 24.9 Å². The molecule has 1 heterocycles. The van der Waals surface area contributed by atoms with Crippen molar-refractivity contribution in [3.63, 3.8) is 0 Å². The summed E-state index contributed by atoms with van der Waals surface area (Å²) in [6.07, 6.45) is 3.00. The minimum Gasteiger partial charge on any atom is -0.324 e. The van der Waals surface area contributed by atoms with E-state index in [0.717, 1.165) is 18.2 Å². The standard InChI is InChI=1S/C12H12FN5O3/c1-17-6-7(5-15-17)11(14)12(19)16-9-2-8(13)3-10(4-9)18(20)21/h2-6,11H,14H2,1H3,(H,16,19). The number of benzene rings is 1. The van der Waals surface area contributed by atoms with E-state index in [1.165, 1.54) is 10.9 Å². The van der Waals surface area contributed by atoms with Crippen LogP contribution >= 0.6 is 0 Å². The number of anilines is 1. The monoisotopic (exact) mass is 293 g/mol. The third kappa shape index (κ3) is 3.39. The van der Waals surface area contributed by atoms with Crippen LogP contribution < -0.4 is 11.1 Å². The molecule has 0 aliphatic carbocycles. The minimum atomic E-state index is -1.01. The Hall–Kier alpha value is -2.81. The van der Waals surface area contributed by atoms with Crippen molar-refractivity contribution in [3.05, 3.63) is 52.1 Å². The lowest BCUT2D eigenvalue weighted by atomic mass is 10.1. The Morgan fingerprint density at radius 1 is 1.52 bits per heavy atom. The highest BCUT2D eigenvalue weighted by molar-refractivity contribution is 5.95. The van der Waals surface area contributed by atoms with Gasteiger partial charge < -0.3 is 11.1 Å². The Kier molecular flexibility index (Phi) is 3.94. The van der Waals surface area contributed by atoms with Gasteiger partial charge in [-0.3, -0.25) is 19.6 Å². The highest BCUT2D eigenvalue weighted by Crippen LogP contribution is 2.21. The molecule has 9 heteroatoms. The molecule has 0 saturated heterocycles. The summed E-state index contributed by atoms with van der Waals surface area (Å²) in [4.78, 5) is 21.8. The molecule has 0 fully saturated rings. The van der Waals surface area contributed by atoms with E-state index in [1.807, 2.05) is 0 Å². The summed E-state index contributed by atoms with van der Waals surface area (Å²) in [5.41, 5.74) is 5.72. The van der Waals surface area contributed by atoms with Crippen LogP contribution in [-0.2, 0) is 11.8 Å². The third-order valence-electron chi connectivity index (χ3n) is 2.73. The van der Waals surface area contributed by atoms with Gasteiger partial charge in [-0.2, -0.15) is 5.10 Å². The molecule has 1 amide bonds. The zero-order chi connectivity index (χ0) is 15.6. The third-order valence-corrected chi connectivity index (χ3v) is 2.73. The van der Waals surface area contributed by atoms with Crippen molar-refractivity contribution >= 4 is 17.3 Å². The Labute approximate surface area is 118 Å². The van der Waals surface area contributed by atoms with Crippen molar-refractivity contribution in [2.45, 2.75) is 6.04 Å². The number of non-ortho nitro benzene ring substituents is 1. The van der Waals surface area contributed by atoms with Gasteiger partial charge in [0.05, 0.1) is 22.9 Å². The van der Waals surface area contributed by atoms with E-state index < -0.39 is 28.4 Å². The number of rotatable bonds is 4. The zero-order valence-electron chi connectivity index (χ0n) is 11.0. The molecule has 0 aliphatic heterocycles. The fourth-order valence-corrected chi connectivity index (χ4v) is 1.72. The van der Waals surface area contributed by atoms with Gasteiger partial charge in [-0.25, -0.2) is 4.39 Å². The van der Waals surface area contributed by atoms with Crippen LogP contribution in [0.4, 0.5) is 15.8 Å². The fourth-order valence-electron chi connectivity index (χ4n) is 1.72. The van der Waals surface area contributed by atoms with Gasteiger partial charge in [0.1, 0.15) is 11.9 Å². The lowest BCUT2D eigenvalue weighted by molar-refractivity contribution is -0.385. The smallest absolute Gasteiger partial charge is 0.274 e. The number of hydrogen-bond donors (Lipinski definition) is 2. The van der Waals surface area contributed by atoms with E-state index in [1.54, 1.807) is 13.2 Å². The predicted molar refractivity (Wildman–Crippen MR) is 71.8 cm³/mol. The normalized spacial score (nSPS) is 12.0. The van der Waals surface area contributed by atoms with E-state index in [2.05, 4.69) is 10.4 Å². The van der Waals surface area contributed by atoms with E-state index >= 15 is 0 Å². The van der Waals surface area contributed by atoms with Crippen molar-refractivity contribution in [2.75, 3.05) is 5.32 Å². The first-order valence-electron chi connectivity index (χ1n) is 5.87. The molecule has 0 spiro atoms. The number of halogens is 1. The van der Waals surface area contributed by atoms with Crippen LogP contribution in [0, 0.1) is 15.9 Å². The number of aromatic nitrogens is 2. The maximum Gasteiger partial charge on any atom is 0.274 e. The molecule has 0 bridgehead atoms. The summed E-state index contributed by atoms with van der Waals surface area (Å²) < 4.78 is 14.7. The van der Waals surface area contributed by atoms with Gasteiger partial charge in [-0.15, -0.1) is 0 Å². The van der Waals surface area contributed by atoms with Crippen molar-refractivity contribution < 1.29 is 14.1 Å². The molecule has 2 aromatic rings. The number of nitro benzene ring substituents is 1. The fraction of sp³-hybridized carbons (Fsp3) is 0.167. The van der Waals surface area contributed by atoms with E-state index in [0.29, 0.717) is 5.56 Å². The summed E-state index contributed by atoms with van der Waals surface area (Å²) in [5, 5.41) is 16.9. The highest BCUT2D eigenvalue weighted by Gasteiger charge is 2.19. The molecule has 110 valence electrons. The number of nitro groups is 1. The Morgan fingerprint density at radius 2 is 2.24 bits per heavy atom. The average Bonchev–Trinajstić information content (AvgIpc) is 2.83. The van der Waals surface area contributed by atoms with E-state index in [-0.39, 0.29) is 5.69 Å². The molecule has 3 N–H and O–H groups in total. The summed E-state index contributed by atoms with van der Waals surface area (Å²) >= 11 is 0. The first kappa shape index (κ1) is 14.6. The molecule has 1 aromatic heterocycles. The second-order valence-corrected chi connectivity index (χ2v) is 4.37. The van der Waals surface area contributed by atoms with Gasteiger partial charge in [-0.1, -0.05) is 0 Å². The molecule has 1 unspecified atom stereocenters. The minimum absolute atomic E-state index is 0.0361. The second kappa shape index (κ2) is 5.67. The maximum atomic E-state index is 13.3. The van der Waals surface area contributed by atoms with Crippen molar-refractivity contribution in [3.8, 4) is 0 Å². The van der Waals surface area contributed by atoms with E-state index in [9.17, 15) is 19.3 Å². The summed E-state index contributed by atoms with van der Waals surface area (Å²) in [7, 11) is 1.67. The number of carbonyl (C=O) groups excluding carboxylic acids is 1.